The number of ether oxygens (including phenoxy) is 1. The first-order chi connectivity index (χ1) is 6.97. The summed E-state index contributed by atoms with van der Waals surface area (Å²) in [6, 6.07) is 0.879. The zero-order valence-electron chi connectivity index (χ0n) is 7.43. The van der Waals surface area contributed by atoms with Crippen molar-refractivity contribution in [2.45, 2.75) is 6.43 Å². The highest BCUT2D eigenvalue weighted by Crippen LogP contribution is 2.30. The number of hydrogen-bond acceptors (Lipinski definition) is 3. The molecule has 1 heterocycles. The SMILES string of the molecule is COC(=O)c1c(C(F)F)cc(Cl)nc1Cl. The highest BCUT2D eigenvalue weighted by Gasteiger charge is 2.24. The van der Waals surface area contributed by atoms with E-state index in [-0.39, 0.29) is 5.15 Å². The molecule has 0 aliphatic carbocycles. The third kappa shape index (κ3) is 2.54. The fourth-order valence-corrected chi connectivity index (χ4v) is 1.50. The molecule has 0 fully saturated rings. The maximum absolute atomic E-state index is 12.5. The Kier molecular flexibility index (Phi) is 3.82. The Morgan fingerprint density at radius 1 is 1.53 bits per heavy atom. The molecule has 0 aliphatic heterocycles. The van der Waals surface area contributed by atoms with Crippen molar-refractivity contribution in [2.24, 2.45) is 0 Å². The van der Waals surface area contributed by atoms with Crippen LogP contribution in [0.1, 0.15) is 22.3 Å². The van der Waals surface area contributed by atoms with Crippen LogP contribution in [-0.2, 0) is 4.74 Å². The van der Waals surface area contributed by atoms with Crippen LogP contribution in [-0.4, -0.2) is 18.1 Å². The van der Waals surface area contributed by atoms with Gasteiger partial charge in [0, 0.05) is 5.56 Å². The Labute approximate surface area is 94.0 Å². The van der Waals surface area contributed by atoms with E-state index < -0.39 is 28.7 Å². The summed E-state index contributed by atoms with van der Waals surface area (Å²) in [7, 11) is 1.06. The number of esters is 1. The molecule has 0 aliphatic rings. The molecule has 82 valence electrons. The highest BCUT2D eigenvalue weighted by atomic mass is 35.5. The van der Waals surface area contributed by atoms with Crippen molar-refractivity contribution in [2.75, 3.05) is 7.11 Å². The Bertz CT molecular complexity index is 398. The van der Waals surface area contributed by atoms with Gasteiger partial charge in [-0.25, -0.2) is 18.6 Å². The van der Waals surface area contributed by atoms with E-state index in [1.54, 1.807) is 0 Å². The van der Waals surface area contributed by atoms with E-state index >= 15 is 0 Å². The Balaban J connectivity index is 3.40. The first kappa shape index (κ1) is 12.1. The number of carbonyl (C=O) groups excluding carboxylic acids is 1. The summed E-state index contributed by atoms with van der Waals surface area (Å²) in [5.74, 6) is -0.973. The minimum absolute atomic E-state index is 0.206. The lowest BCUT2D eigenvalue weighted by atomic mass is 10.1. The summed E-state index contributed by atoms with van der Waals surface area (Å²) in [6.45, 7) is 0. The van der Waals surface area contributed by atoms with Gasteiger partial charge in [0.25, 0.3) is 6.43 Å². The van der Waals surface area contributed by atoms with Gasteiger partial charge >= 0.3 is 5.97 Å². The van der Waals surface area contributed by atoms with Gasteiger partial charge in [-0.15, -0.1) is 0 Å². The van der Waals surface area contributed by atoms with Gasteiger partial charge in [0.1, 0.15) is 15.9 Å². The molecule has 3 nitrogen and oxygen atoms in total. The van der Waals surface area contributed by atoms with Crippen LogP contribution in [0.25, 0.3) is 0 Å². The first-order valence-electron chi connectivity index (χ1n) is 3.69. The Morgan fingerprint density at radius 2 is 2.13 bits per heavy atom. The molecule has 0 saturated heterocycles. The number of methoxy groups -OCH3 is 1. The van der Waals surface area contributed by atoms with E-state index in [2.05, 4.69) is 9.72 Å². The van der Waals surface area contributed by atoms with Gasteiger partial charge in [-0.2, -0.15) is 0 Å². The van der Waals surface area contributed by atoms with Gasteiger partial charge in [0.2, 0.25) is 0 Å². The molecule has 1 rings (SSSR count). The standard InChI is InChI=1S/C8H5Cl2F2NO2/c1-15-8(14)5-3(7(11)12)2-4(9)13-6(5)10/h2,7H,1H3. The normalized spacial score (nSPS) is 10.5. The highest BCUT2D eigenvalue weighted by molar-refractivity contribution is 6.34. The lowest BCUT2D eigenvalue weighted by Gasteiger charge is -2.08. The zero-order chi connectivity index (χ0) is 11.6. The molecule has 0 unspecified atom stereocenters. The molecule has 1 aromatic heterocycles. The van der Waals surface area contributed by atoms with E-state index in [1.165, 1.54) is 0 Å². The molecule has 0 N–H and O–H groups in total. The number of halogens is 4. The molecule has 0 saturated carbocycles. The van der Waals surface area contributed by atoms with Crippen molar-refractivity contribution in [1.29, 1.82) is 0 Å². The summed E-state index contributed by atoms with van der Waals surface area (Å²) in [5, 5.41) is -0.604. The molecule has 15 heavy (non-hydrogen) atoms. The first-order valence-corrected chi connectivity index (χ1v) is 4.45. The minimum atomic E-state index is -2.88. The maximum atomic E-state index is 12.5. The van der Waals surface area contributed by atoms with E-state index in [9.17, 15) is 13.6 Å². The molecule has 0 amide bonds. The lowest BCUT2D eigenvalue weighted by Crippen LogP contribution is -2.08. The fraction of sp³-hybridized carbons (Fsp3) is 0.250. The summed E-state index contributed by atoms with van der Waals surface area (Å²) in [4.78, 5) is 14.6. The van der Waals surface area contributed by atoms with Crippen LogP contribution in [0, 0.1) is 0 Å². The predicted octanol–water partition coefficient (Wildman–Crippen LogP) is 3.11. The summed E-state index contributed by atoms with van der Waals surface area (Å²) in [6.07, 6.45) is -2.88. The number of carbonyl (C=O) groups is 1. The minimum Gasteiger partial charge on any atom is -0.465 e. The van der Waals surface area contributed by atoms with Crippen LogP contribution in [0.5, 0.6) is 0 Å². The number of aromatic nitrogens is 1. The van der Waals surface area contributed by atoms with Crippen LogP contribution in [0.3, 0.4) is 0 Å². The summed E-state index contributed by atoms with van der Waals surface area (Å²) < 4.78 is 29.4. The van der Waals surface area contributed by atoms with Crippen LogP contribution >= 0.6 is 23.2 Å². The van der Waals surface area contributed by atoms with E-state index in [4.69, 9.17) is 23.2 Å². The van der Waals surface area contributed by atoms with Crippen LogP contribution in [0.4, 0.5) is 8.78 Å². The summed E-state index contributed by atoms with van der Waals surface area (Å²) >= 11 is 11.0. The predicted molar refractivity (Wildman–Crippen MR) is 50.6 cm³/mol. The lowest BCUT2D eigenvalue weighted by molar-refractivity contribution is 0.0589. The van der Waals surface area contributed by atoms with Gasteiger partial charge in [0.15, 0.2) is 0 Å². The number of nitrogens with zero attached hydrogens (tertiary/aromatic N) is 1. The monoisotopic (exact) mass is 255 g/mol. The third-order valence-corrected chi connectivity index (χ3v) is 2.07. The second-order valence-corrected chi connectivity index (χ2v) is 3.24. The molecule has 0 atom stereocenters. The third-order valence-electron chi connectivity index (χ3n) is 1.60. The van der Waals surface area contributed by atoms with Gasteiger partial charge < -0.3 is 4.74 Å². The molecule has 0 bridgehead atoms. The molecular weight excluding hydrogens is 251 g/mol. The van der Waals surface area contributed by atoms with Crippen molar-refractivity contribution in [3.63, 3.8) is 0 Å². The number of alkyl halides is 2. The topological polar surface area (TPSA) is 39.2 Å². The molecule has 0 aromatic carbocycles. The van der Waals surface area contributed by atoms with Crippen molar-refractivity contribution in [3.8, 4) is 0 Å². The number of hydrogen-bond donors (Lipinski definition) is 0. The Morgan fingerprint density at radius 3 is 2.60 bits per heavy atom. The average molecular weight is 256 g/mol. The largest absolute Gasteiger partial charge is 0.465 e. The zero-order valence-corrected chi connectivity index (χ0v) is 8.94. The van der Waals surface area contributed by atoms with Gasteiger partial charge in [-0.1, -0.05) is 23.2 Å². The smallest absolute Gasteiger partial charge is 0.341 e. The van der Waals surface area contributed by atoms with Crippen molar-refractivity contribution < 1.29 is 18.3 Å². The second-order valence-electron chi connectivity index (χ2n) is 2.49. The van der Waals surface area contributed by atoms with Crippen LogP contribution in [0.2, 0.25) is 10.3 Å². The molecule has 7 heteroatoms. The van der Waals surface area contributed by atoms with Crippen molar-refractivity contribution >= 4 is 29.2 Å². The van der Waals surface area contributed by atoms with Gasteiger partial charge in [-0.05, 0) is 6.07 Å². The van der Waals surface area contributed by atoms with E-state index in [0.717, 1.165) is 13.2 Å². The molecule has 0 radical (unpaired) electrons. The van der Waals surface area contributed by atoms with Crippen molar-refractivity contribution in [3.05, 3.63) is 27.5 Å². The van der Waals surface area contributed by atoms with Gasteiger partial charge in [0.05, 0.1) is 7.11 Å². The Hall–Kier alpha value is -0.940. The molecular formula is C8H5Cl2F2NO2. The van der Waals surface area contributed by atoms with E-state index in [1.807, 2.05) is 0 Å². The van der Waals surface area contributed by atoms with Crippen LogP contribution in [0.15, 0.2) is 6.07 Å². The van der Waals surface area contributed by atoms with E-state index in [0.29, 0.717) is 0 Å². The van der Waals surface area contributed by atoms with Gasteiger partial charge in [-0.3, -0.25) is 0 Å². The summed E-state index contributed by atoms with van der Waals surface area (Å²) in [5.41, 5.74) is -1.05. The van der Waals surface area contributed by atoms with Crippen LogP contribution < -0.4 is 0 Å². The number of rotatable bonds is 2. The van der Waals surface area contributed by atoms with Crippen molar-refractivity contribution in [1.82, 2.24) is 4.98 Å². The average Bonchev–Trinajstić information content (AvgIpc) is 2.15. The second kappa shape index (κ2) is 4.72. The quantitative estimate of drug-likeness (QED) is 0.602. The maximum Gasteiger partial charge on any atom is 0.341 e. The number of pyridine rings is 1. The molecule has 1 aromatic rings. The molecule has 0 spiro atoms. The fourth-order valence-electron chi connectivity index (χ4n) is 0.978.